The third kappa shape index (κ3) is 3.60. The Morgan fingerprint density at radius 1 is 1.23 bits per heavy atom. The van der Waals surface area contributed by atoms with Crippen LogP contribution in [0.5, 0.6) is 11.5 Å². The number of hydrogen-bond acceptors (Lipinski definition) is 5. The van der Waals surface area contributed by atoms with Gasteiger partial charge in [0.1, 0.15) is 11.5 Å². The molecule has 0 atom stereocenters. The van der Waals surface area contributed by atoms with Crippen molar-refractivity contribution < 1.29 is 14.3 Å². The maximum absolute atomic E-state index is 11.9. The highest BCUT2D eigenvalue weighted by molar-refractivity contribution is 6.02. The van der Waals surface area contributed by atoms with Crippen molar-refractivity contribution in [2.75, 3.05) is 14.2 Å². The van der Waals surface area contributed by atoms with Gasteiger partial charge in [0.15, 0.2) is 0 Å². The number of hydrazone groups is 1. The quantitative estimate of drug-likeness (QED) is 0.679. The first kappa shape index (κ1) is 15.5. The van der Waals surface area contributed by atoms with Gasteiger partial charge in [-0.05, 0) is 31.2 Å². The van der Waals surface area contributed by atoms with Gasteiger partial charge in [-0.3, -0.25) is 9.78 Å². The van der Waals surface area contributed by atoms with Crippen LogP contribution in [0.25, 0.3) is 0 Å². The normalized spacial score (nSPS) is 11.0. The molecule has 6 nitrogen and oxygen atoms in total. The van der Waals surface area contributed by atoms with E-state index in [1.165, 1.54) is 6.20 Å². The fourth-order valence-corrected chi connectivity index (χ4v) is 1.85. The van der Waals surface area contributed by atoms with Gasteiger partial charge in [0, 0.05) is 24.0 Å². The zero-order chi connectivity index (χ0) is 15.9. The minimum absolute atomic E-state index is 0.320. The van der Waals surface area contributed by atoms with Crippen LogP contribution in [0.3, 0.4) is 0 Å². The van der Waals surface area contributed by atoms with E-state index < -0.39 is 0 Å². The zero-order valence-corrected chi connectivity index (χ0v) is 12.7. The molecule has 6 heteroatoms. The lowest BCUT2D eigenvalue weighted by atomic mass is 10.1. The van der Waals surface area contributed by atoms with Gasteiger partial charge < -0.3 is 9.47 Å². The number of rotatable bonds is 5. The molecule has 2 rings (SSSR count). The first-order valence-electron chi connectivity index (χ1n) is 6.62. The summed E-state index contributed by atoms with van der Waals surface area (Å²) in [7, 11) is 3.16. The fraction of sp³-hybridized carbons (Fsp3) is 0.188. The summed E-state index contributed by atoms with van der Waals surface area (Å²) < 4.78 is 10.5. The molecule has 1 aromatic heterocycles. The summed E-state index contributed by atoms with van der Waals surface area (Å²) >= 11 is 0. The van der Waals surface area contributed by atoms with Gasteiger partial charge in [0.25, 0.3) is 5.91 Å². The summed E-state index contributed by atoms with van der Waals surface area (Å²) in [4.78, 5) is 15.8. The van der Waals surface area contributed by atoms with Crippen LogP contribution < -0.4 is 14.9 Å². The number of ether oxygens (including phenoxy) is 2. The maximum atomic E-state index is 11.9. The second kappa shape index (κ2) is 7.21. The number of carbonyl (C=O) groups excluding carboxylic acids is 1. The van der Waals surface area contributed by atoms with E-state index in [2.05, 4.69) is 15.5 Å². The molecule has 2 aromatic rings. The molecule has 0 fully saturated rings. The van der Waals surface area contributed by atoms with Crippen LogP contribution in [0.15, 0.2) is 47.8 Å². The largest absolute Gasteiger partial charge is 0.497 e. The number of amides is 1. The summed E-state index contributed by atoms with van der Waals surface area (Å²) in [5.74, 6) is 0.990. The van der Waals surface area contributed by atoms with Gasteiger partial charge >= 0.3 is 0 Å². The van der Waals surface area contributed by atoms with Crippen molar-refractivity contribution in [1.82, 2.24) is 10.4 Å². The Hall–Kier alpha value is -2.89. The predicted molar refractivity (Wildman–Crippen MR) is 83.5 cm³/mol. The number of hydrogen-bond donors (Lipinski definition) is 1. The molecule has 0 saturated carbocycles. The molecule has 22 heavy (non-hydrogen) atoms. The average Bonchev–Trinajstić information content (AvgIpc) is 2.59. The predicted octanol–water partition coefficient (Wildman–Crippen LogP) is 2.25. The Bertz CT molecular complexity index is 684. The molecule has 0 radical (unpaired) electrons. The topological polar surface area (TPSA) is 72.8 Å². The third-order valence-electron chi connectivity index (χ3n) is 3.05. The SMILES string of the molecule is COc1ccc(C(C)=NNC(=O)c2cccnc2)c(OC)c1. The van der Waals surface area contributed by atoms with Crippen LogP contribution in [0.4, 0.5) is 0 Å². The van der Waals surface area contributed by atoms with Crippen LogP contribution in [0, 0.1) is 0 Å². The van der Waals surface area contributed by atoms with E-state index >= 15 is 0 Å². The molecule has 1 amide bonds. The summed E-state index contributed by atoms with van der Waals surface area (Å²) in [5, 5.41) is 4.10. The van der Waals surface area contributed by atoms with Crippen LogP contribution in [-0.4, -0.2) is 30.8 Å². The van der Waals surface area contributed by atoms with Gasteiger partial charge in [-0.2, -0.15) is 5.10 Å². The lowest BCUT2D eigenvalue weighted by Crippen LogP contribution is -2.19. The molecule has 0 spiro atoms. The van der Waals surface area contributed by atoms with Crippen LogP contribution in [0.2, 0.25) is 0 Å². The van der Waals surface area contributed by atoms with Crippen molar-refractivity contribution in [3.63, 3.8) is 0 Å². The average molecular weight is 299 g/mol. The lowest BCUT2D eigenvalue weighted by molar-refractivity contribution is 0.0954. The fourth-order valence-electron chi connectivity index (χ4n) is 1.85. The minimum Gasteiger partial charge on any atom is -0.497 e. The first-order chi connectivity index (χ1) is 10.7. The molecular weight excluding hydrogens is 282 g/mol. The summed E-state index contributed by atoms with van der Waals surface area (Å²) in [6.07, 6.45) is 3.08. The summed E-state index contributed by atoms with van der Waals surface area (Å²) in [6.45, 7) is 1.79. The Labute approximate surface area is 128 Å². The van der Waals surface area contributed by atoms with Crippen molar-refractivity contribution in [2.24, 2.45) is 5.10 Å². The Morgan fingerprint density at radius 3 is 2.68 bits per heavy atom. The first-order valence-corrected chi connectivity index (χ1v) is 6.62. The molecule has 0 aliphatic carbocycles. The highest BCUT2D eigenvalue weighted by atomic mass is 16.5. The Morgan fingerprint density at radius 2 is 2.05 bits per heavy atom. The highest BCUT2D eigenvalue weighted by Crippen LogP contribution is 2.25. The molecule has 0 unspecified atom stereocenters. The third-order valence-corrected chi connectivity index (χ3v) is 3.05. The molecule has 1 heterocycles. The van der Waals surface area contributed by atoms with Gasteiger partial charge in [-0.25, -0.2) is 5.43 Å². The van der Waals surface area contributed by atoms with Gasteiger partial charge in [-0.15, -0.1) is 0 Å². The monoisotopic (exact) mass is 299 g/mol. The van der Waals surface area contributed by atoms with E-state index in [0.717, 1.165) is 5.56 Å². The lowest BCUT2D eigenvalue weighted by Gasteiger charge is -2.10. The number of benzene rings is 1. The van der Waals surface area contributed by atoms with Crippen LogP contribution in [-0.2, 0) is 0 Å². The number of nitrogens with zero attached hydrogens (tertiary/aromatic N) is 2. The number of carbonyl (C=O) groups is 1. The Kier molecular flexibility index (Phi) is 5.08. The van der Waals surface area contributed by atoms with E-state index in [4.69, 9.17) is 9.47 Å². The van der Waals surface area contributed by atoms with Gasteiger partial charge in [-0.1, -0.05) is 0 Å². The van der Waals surface area contributed by atoms with Crippen molar-refractivity contribution in [3.05, 3.63) is 53.9 Å². The van der Waals surface area contributed by atoms with Crippen LogP contribution in [0.1, 0.15) is 22.8 Å². The number of aromatic nitrogens is 1. The molecule has 1 N–H and O–H groups in total. The molecular formula is C16H17N3O3. The number of methoxy groups -OCH3 is 2. The van der Waals surface area contributed by atoms with E-state index in [9.17, 15) is 4.79 Å². The molecule has 1 aromatic carbocycles. The standard InChI is InChI=1S/C16H17N3O3/c1-11(14-7-6-13(21-2)9-15(14)22-3)18-19-16(20)12-5-4-8-17-10-12/h4-10H,1-3H3,(H,19,20). The summed E-state index contributed by atoms with van der Waals surface area (Å²) in [5.41, 5.74) is 4.34. The van der Waals surface area contributed by atoms with Gasteiger partial charge in [0.2, 0.25) is 0 Å². The van der Waals surface area contributed by atoms with E-state index in [1.807, 2.05) is 6.07 Å². The number of nitrogens with one attached hydrogen (secondary N) is 1. The minimum atomic E-state index is -0.320. The second-order valence-electron chi connectivity index (χ2n) is 4.45. The van der Waals surface area contributed by atoms with Crippen molar-refractivity contribution >= 4 is 11.6 Å². The molecule has 0 bridgehead atoms. The zero-order valence-electron chi connectivity index (χ0n) is 12.7. The summed E-state index contributed by atoms with van der Waals surface area (Å²) in [6, 6.07) is 8.75. The molecule has 0 aliphatic rings. The molecule has 0 aliphatic heterocycles. The Balaban J connectivity index is 2.17. The van der Waals surface area contributed by atoms with Gasteiger partial charge in [0.05, 0.1) is 25.5 Å². The molecule has 114 valence electrons. The second-order valence-corrected chi connectivity index (χ2v) is 4.45. The van der Waals surface area contributed by atoms with E-state index in [-0.39, 0.29) is 5.91 Å². The van der Waals surface area contributed by atoms with Crippen LogP contribution >= 0.6 is 0 Å². The van der Waals surface area contributed by atoms with E-state index in [1.54, 1.807) is 51.6 Å². The highest BCUT2D eigenvalue weighted by Gasteiger charge is 2.09. The van der Waals surface area contributed by atoms with E-state index in [0.29, 0.717) is 22.8 Å². The smallest absolute Gasteiger partial charge is 0.272 e. The van der Waals surface area contributed by atoms with Crippen molar-refractivity contribution in [3.8, 4) is 11.5 Å². The van der Waals surface area contributed by atoms with Crippen molar-refractivity contribution in [2.45, 2.75) is 6.92 Å². The molecule has 0 saturated heterocycles. The number of pyridine rings is 1. The van der Waals surface area contributed by atoms with Crippen molar-refractivity contribution in [1.29, 1.82) is 0 Å². The maximum Gasteiger partial charge on any atom is 0.272 e.